The fourth-order valence-electron chi connectivity index (χ4n) is 4.24. The Morgan fingerprint density at radius 2 is 1.88 bits per heavy atom. The number of nitrogens with zero attached hydrogens (tertiary/aromatic N) is 5. The zero-order valence-corrected chi connectivity index (χ0v) is 21.1. The van der Waals surface area contributed by atoms with Gasteiger partial charge in [0.05, 0.1) is 17.8 Å². The molecule has 4 rings (SSSR count). The fourth-order valence-corrected chi connectivity index (χ4v) is 5.25. The molecule has 33 heavy (non-hydrogen) atoms. The van der Waals surface area contributed by atoms with Crippen LogP contribution in [-0.2, 0) is 11.2 Å². The smallest absolute Gasteiger partial charge is 0.233 e. The third-order valence-corrected chi connectivity index (χ3v) is 7.58. The second kappa shape index (κ2) is 10.3. The molecule has 1 amide bonds. The predicted octanol–water partition coefficient (Wildman–Crippen LogP) is 5.17. The van der Waals surface area contributed by atoms with E-state index in [2.05, 4.69) is 46.3 Å². The van der Waals surface area contributed by atoms with Gasteiger partial charge < -0.3 is 4.90 Å². The van der Waals surface area contributed by atoms with Crippen LogP contribution in [0.1, 0.15) is 48.8 Å². The van der Waals surface area contributed by atoms with Crippen LogP contribution in [0.2, 0.25) is 5.02 Å². The van der Waals surface area contributed by atoms with E-state index in [4.69, 9.17) is 11.6 Å². The maximum atomic E-state index is 13.2. The van der Waals surface area contributed by atoms with Crippen LogP contribution in [0.15, 0.2) is 53.7 Å². The zero-order valence-electron chi connectivity index (χ0n) is 19.5. The van der Waals surface area contributed by atoms with E-state index in [1.807, 2.05) is 54.9 Å². The average molecular weight is 484 g/mol. The van der Waals surface area contributed by atoms with Gasteiger partial charge in [0.1, 0.15) is 0 Å². The van der Waals surface area contributed by atoms with E-state index in [-0.39, 0.29) is 18.0 Å². The van der Waals surface area contributed by atoms with Crippen molar-refractivity contribution in [1.82, 2.24) is 24.6 Å². The van der Waals surface area contributed by atoms with Crippen molar-refractivity contribution in [2.45, 2.75) is 43.4 Å². The van der Waals surface area contributed by atoms with Gasteiger partial charge in [-0.15, -0.1) is 10.2 Å². The Labute approximate surface area is 204 Å². The van der Waals surface area contributed by atoms with Crippen LogP contribution in [0.25, 0.3) is 5.69 Å². The second-order valence-electron chi connectivity index (χ2n) is 8.69. The zero-order chi connectivity index (χ0) is 23.5. The fraction of sp³-hybridized carbons (Fsp3) is 0.400. The van der Waals surface area contributed by atoms with Crippen molar-refractivity contribution in [2.24, 2.45) is 0 Å². The van der Waals surface area contributed by atoms with Crippen molar-refractivity contribution >= 4 is 29.3 Å². The lowest BCUT2D eigenvalue weighted by Crippen LogP contribution is -2.34. The van der Waals surface area contributed by atoms with E-state index in [1.54, 1.807) is 0 Å². The molecule has 2 unspecified atom stereocenters. The Morgan fingerprint density at radius 1 is 1.15 bits per heavy atom. The van der Waals surface area contributed by atoms with Crippen LogP contribution in [0.3, 0.4) is 0 Å². The molecule has 0 spiro atoms. The molecule has 1 heterocycles. The first kappa shape index (κ1) is 23.8. The van der Waals surface area contributed by atoms with Gasteiger partial charge in [-0.1, -0.05) is 47.6 Å². The maximum absolute atomic E-state index is 13.2. The van der Waals surface area contributed by atoms with E-state index in [0.29, 0.717) is 15.9 Å². The molecule has 2 atom stereocenters. The minimum absolute atomic E-state index is 0.0552. The van der Waals surface area contributed by atoms with Crippen LogP contribution in [0, 0.1) is 0 Å². The number of rotatable bonds is 7. The minimum atomic E-state index is 0.0552. The lowest BCUT2D eigenvalue weighted by Gasteiger charge is -2.33. The average Bonchev–Trinajstić information content (AvgIpc) is 3.25. The number of hydrogen-bond donors (Lipinski definition) is 0. The monoisotopic (exact) mass is 483 g/mol. The molecular formula is C25H30ClN5OS. The number of halogens is 1. The Kier molecular flexibility index (Phi) is 7.41. The number of fused-ring (bicyclic) bond motifs is 1. The van der Waals surface area contributed by atoms with Crippen molar-refractivity contribution in [3.63, 3.8) is 0 Å². The van der Waals surface area contributed by atoms with Crippen LogP contribution < -0.4 is 0 Å². The lowest BCUT2D eigenvalue weighted by atomic mass is 9.87. The maximum Gasteiger partial charge on any atom is 0.233 e. The summed E-state index contributed by atoms with van der Waals surface area (Å²) < 4.78 is 2.02. The highest BCUT2D eigenvalue weighted by molar-refractivity contribution is 7.99. The highest BCUT2D eigenvalue weighted by atomic mass is 35.5. The van der Waals surface area contributed by atoms with E-state index < -0.39 is 0 Å². The van der Waals surface area contributed by atoms with Gasteiger partial charge in [-0.3, -0.25) is 14.3 Å². The molecule has 0 saturated heterocycles. The van der Waals surface area contributed by atoms with Gasteiger partial charge in [-0.2, -0.15) is 0 Å². The van der Waals surface area contributed by atoms with Crippen molar-refractivity contribution < 1.29 is 4.79 Å². The molecule has 8 heteroatoms. The lowest BCUT2D eigenvalue weighted by molar-refractivity contribution is -0.129. The molecule has 0 bridgehead atoms. The van der Waals surface area contributed by atoms with Crippen molar-refractivity contribution in [1.29, 1.82) is 0 Å². The molecule has 0 saturated carbocycles. The van der Waals surface area contributed by atoms with E-state index in [0.717, 1.165) is 30.8 Å². The molecule has 1 aromatic heterocycles. The number of carbonyl (C=O) groups is 1. The third-order valence-electron chi connectivity index (χ3n) is 6.41. The van der Waals surface area contributed by atoms with E-state index >= 15 is 0 Å². The van der Waals surface area contributed by atoms with Gasteiger partial charge >= 0.3 is 0 Å². The van der Waals surface area contributed by atoms with Gasteiger partial charge in [-0.05, 0) is 75.7 Å². The summed E-state index contributed by atoms with van der Waals surface area (Å²) in [6.07, 6.45) is 3.18. The van der Waals surface area contributed by atoms with Crippen LogP contribution >= 0.6 is 23.4 Å². The summed E-state index contributed by atoms with van der Waals surface area (Å²) in [4.78, 5) is 17.2. The Hall–Kier alpha value is -2.35. The number of amides is 1. The first-order valence-corrected chi connectivity index (χ1v) is 12.6. The molecule has 0 aliphatic heterocycles. The standard InChI is InChI=1S/C25H30ClN5OS/c1-17(29(2)3)24-27-28-25(31(24)20-14-12-19(26)13-15-20)33-16-23(32)30(4)22-11-7-9-18-8-5-6-10-21(18)22/h5-6,8,10,12-15,17,22H,7,9,11,16H2,1-4H3. The quantitative estimate of drug-likeness (QED) is 0.434. The summed E-state index contributed by atoms with van der Waals surface area (Å²) in [7, 11) is 5.94. The molecule has 1 aliphatic rings. The van der Waals surface area contributed by atoms with Crippen molar-refractivity contribution in [3.8, 4) is 5.69 Å². The molecule has 6 nitrogen and oxygen atoms in total. The van der Waals surface area contributed by atoms with Gasteiger partial charge in [0.2, 0.25) is 5.91 Å². The van der Waals surface area contributed by atoms with Gasteiger partial charge in [0, 0.05) is 17.8 Å². The molecule has 0 radical (unpaired) electrons. The van der Waals surface area contributed by atoms with Crippen molar-refractivity contribution in [3.05, 3.63) is 70.5 Å². The Balaban J connectivity index is 1.55. The van der Waals surface area contributed by atoms with E-state index in [1.165, 1.54) is 22.9 Å². The number of benzene rings is 2. The molecular weight excluding hydrogens is 454 g/mol. The molecule has 3 aromatic rings. The summed E-state index contributed by atoms with van der Waals surface area (Å²) in [6.45, 7) is 2.09. The Morgan fingerprint density at radius 3 is 2.61 bits per heavy atom. The third kappa shape index (κ3) is 5.10. The van der Waals surface area contributed by atoms with Crippen LogP contribution in [-0.4, -0.2) is 57.4 Å². The van der Waals surface area contributed by atoms with Crippen LogP contribution in [0.5, 0.6) is 0 Å². The highest BCUT2D eigenvalue weighted by Gasteiger charge is 2.27. The van der Waals surface area contributed by atoms with Crippen molar-refractivity contribution in [2.75, 3.05) is 26.9 Å². The molecule has 0 fully saturated rings. The topological polar surface area (TPSA) is 54.3 Å². The van der Waals surface area contributed by atoms with Gasteiger partial charge in [-0.25, -0.2) is 0 Å². The molecule has 2 aromatic carbocycles. The first-order valence-electron chi connectivity index (χ1n) is 11.2. The highest BCUT2D eigenvalue weighted by Crippen LogP contribution is 2.34. The number of carbonyl (C=O) groups excluding carboxylic acids is 1. The minimum Gasteiger partial charge on any atom is -0.338 e. The first-order chi connectivity index (χ1) is 15.9. The summed E-state index contributed by atoms with van der Waals surface area (Å²) in [5.74, 6) is 1.22. The van der Waals surface area contributed by atoms with Gasteiger partial charge in [0.25, 0.3) is 0 Å². The number of aryl methyl sites for hydroxylation is 1. The Bertz CT molecular complexity index is 1110. The molecule has 1 aliphatic carbocycles. The predicted molar refractivity (Wildman–Crippen MR) is 134 cm³/mol. The molecule has 0 N–H and O–H groups in total. The van der Waals surface area contributed by atoms with Crippen LogP contribution in [0.4, 0.5) is 0 Å². The second-order valence-corrected chi connectivity index (χ2v) is 10.1. The molecule has 174 valence electrons. The summed E-state index contributed by atoms with van der Waals surface area (Å²) in [6, 6.07) is 16.3. The van der Waals surface area contributed by atoms with Gasteiger partial charge in [0.15, 0.2) is 11.0 Å². The largest absolute Gasteiger partial charge is 0.338 e. The summed E-state index contributed by atoms with van der Waals surface area (Å²) >= 11 is 7.53. The normalized spacial score (nSPS) is 16.5. The number of thioether (sulfide) groups is 1. The summed E-state index contributed by atoms with van der Waals surface area (Å²) in [5.41, 5.74) is 3.56. The summed E-state index contributed by atoms with van der Waals surface area (Å²) in [5, 5.41) is 10.3. The number of hydrogen-bond acceptors (Lipinski definition) is 5. The SMILES string of the molecule is CC(c1nnc(SCC(=O)N(C)C2CCCc3ccccc32)n1-c1ccc(Cl)cc1)N(C)C. The number of aromatic nitrogens is 3. The van der Waals surface area contributed by atoms with E-state index in [9.17, 15) is 4.79 Å².